The van der Waals surface area contributed by atoms with Gasteiger partial charge in [-0.2, -0.15) is 10.1 Å². The largest absolute Gasteiger partial charge is 0.397 e. The van der Waals surface area contributed by atoms with Gasteiger partial charge in [0, 0.05) is 17.0 Å². The lowest BCUT2D eigenvalue weighted by atomic mass is 10.1. The van der Waals surface area contributed by atoms with E-state index in [1.54, 1.807) is 31.2 Å². The summed E-state index contributed by atoms with van der Waals surface area (Å²) in [5, 5.41) is 18.5. The molecule has 2 aromatic heterocycles. The van der Waals surface area contributed by atoms with E-state index in [4.69, 9.17) is 23.2 Å². The van der Waals surface area contributed by atoms with Gasteiger partial charge in [0.25, 0.3) is 5.56 Å². The monoisotopic (exact) mass is 362 g/mol. The van der Waals surface area contributed by atoms with E-state index in [0.29, 0.717) is 21.8 Å². The summed E-state index contributed by atoms with van der Waals surface area (Å²) in [6.45, 7) is 1.56. The van der Waals surface area contributed by atoms with Crippen LogP contribution < -0.4 is 11.3 Å². The smallest absolute Gasteiger partial charge is 0.272 e. The maximum absolute atomic E-state index is 12.1. The molecule has 1 atom stereocenters. The third kappa shape index (κ3) is 3.86. The molecule has 3 N–H and O–H groups in total. The van der Waals surface area contributed by atoms with Gasteiger partial charge in [0.1, 0.15) is 6.54 Å². The highest BCUT2D eigenvalue weighted by Gasteiger charge is 2.15. The van der Waals surface area contributed by atoms with Crippen molar-refractivity contribution >= 4 is 17.3 Å². The van der Waals surface area contributed by atoms with Crippen LogP contribution in [0.15, 0.2) is 39.8 Å². The van der Waals surface area contributed by atoms with E-state index < -0.39 is 6.08 Å². The molecular weight excluding hydrogens is 346 g/mol. The summed E-state index contributed by atoms with van der Waals surface area (Å²) in [7, 11) is 0. The van der Waals surface area contributed by atoms with Gasteiger partial charge >= 0.3 is 0 Å². The zero-order valence-corrected chi connectivity index (χ0v) is 14.1. The van der Waals surface area contributed by atoms with Gasteiger partial charge in [-0.1, -0.05) is 28.9 Å². The Morgan fingerprint density at radius 2 is 2.16 bits per heavy atom. The summed E-state index contributed by atoms with van der Waals surface area (Å²) in [5.74, 6) is 0.262. The maximum Gasteiger partial charge on any atom is 0.272 e. The van der Waals surface area contributed by atoms with E-state index in [1.165, 1.54) is 6.20 Å². The van der Waals surface area contributed by atoms with Crippen molar-refractivity contribution in [2.75, 3.05) is 5.73 Å². The third-order valence-electron chi connectivity index (χ3n) is 3.62. The van der Waals surface area contributed by atoms with Crippen molar-refractivity contribution in [1.82, 2.24) is 19.9 Å². The minimum absolute atomic E-state index is 0.0374. The van der Waals surface area contributed by atoms with Crippen molar-refractivity contribution < 1.29 is 11.0 Å². The van der Waals surface area contributed by atoms with Crippen LogP contribution in [0.25, 0.3) is 0 Å². The second-order valence-electron chi connectivity index (χ2n) is 5.42. The van der Waals surface area contributed by atoms with Crippen LogP contribution in [0.1, 0.15) is 30.3 Å². The predicted molar refractivity (Wildman–Crippen MR) is 91.2 cm³/mol. The molecule has 0 saturated heterocycles. The first-order valence-corrected chi connectivity index (χ1v) is 7.76. The number of aliphatic hydroxyl groups is 1. The highest BCUT2D eigenvalue weighted by molar-refractivity contribution is 6.30. The second-order valence-corrected chi connectivity index (χ2v) is 5.86. The van der Waals surface area contributed by atoms with Gasteiger partial charge in [-0.15, -0.1) is 0 Å². The van der Waals surface area contributed by atoms with Gasteiger partial charge in [-0.05, 0) is 24.6 Å². The van der Waals surface area contributed by atoms with Crippen molar-refractivity contribution in [3.05, 3.63) is 68.7 Å². The molecule has 1 aromatic carbocycles. The molecular formula is C16H16ClN5O3. The standard InChI is InChI=1S/C16H16ClN5O3/c1-9-12(18)7-19-22(16(9)24)8-15-20-14(21-25-15)6-13(23)10-2-4-11(17)5-3-10/h2-5,7,13,23H,6,8,18H2,1H3/t13-/m0/s1/i13D. The number of nitrogen functional groups attached to an aromatic ring is 1. The van der Waals surface area contributed by atoms with E-state index >= 15 is 0 Å². The SMILES string of the molecule is [2H][C@](O)(Cc1noc(Cn2ncc(N)c(C)c2=O)n1)c1ccc(Cl)cc1. The Hall–Kier alpha value is -2.71. The maximum atomic E-state index is 12.1. The Labute approximate surface area is 149 Å². The molecule has 2 heterocycles. The zero-order chi connectivity index (χ0) is 18.9. The van der Waals surface area contributed by atoms with Crippen LogP contribution in [0, 0.1) is 6.92 Å². The number of anilines is 1. The summed E-state index contributed by atoms with van der Waals surface area (Å²) in [5.41, 5.74) is 6.31. The number of hydrogen-bond donors (Lipinski definition) is 2. The second kappa shape index (κ2) is 7.04. The molecule has 3 aromatic rings. The van der Waals surface area contributed by atoms with Gasteiger partial charge in [-0.25, -0.2) is 4.68 Å². The number of rotatable bonds is 5. The molecule has 0 bridgehead atoms. The summed E-state index contributed by atoms with van der Waals surface area (Å²) in [6.07, 6.45) is -0.767. The Kier molecular flexibility index (Phi) is 4.45. The van der Waals surface area contributed by atoms with Gasteiger partial charge < -0.3 is 15.4 Å². The Morgan fingerprint density at radius 1 is 1.44 bits per heavy atom. The molecule has 0 unspecified atom stereocenters. The number of nitrogens with zero attached hydrogens (tertiary/aromatic N) is 4. The summed E-state index contributed by atoms with van der Waals surface area (Å²) >= 11 is 5.81. The number of halogens is 1. The molecule has 0 radical (unpaired) electrons. The molecule has 25 heavy (non-hydrogen) atoms. The Bertz CT molecular complexity index is 984. The van der Waals surface area contributed by atoms with Crippen molar-refractivity contribution in [1.29, 1.82) is 0 Å². The summed E-state index contributed by atoms with van der Waals surface area (Å²) in [4.78, 5) is 16.2. The molecule has 8 nitrogen and oxygen atoms in total. The first-order chi connectivity index (χ1) is 12.3. The molecule has 0 amide bonds. The first-order valence-electron chi connectivity index (χ1n) is 7.88. The fourth-order valence-electron chi connectivity index (χ4n) is 2.16. The van der Waals surface area contributed by atoms with E-state index in [-0.39, 0.29) is 30.2 Å². The minimum Gasteiger partial charge on any atom is -0.397 e. The van der Waals surface area contributed by atoms with Gasteiger partial charge in [-0.3, -0.25) is 4.79 Å². The molecule has 0 aliphatic heterocycles. The molecule has 0 spiro atoms. The summed E-state index contributed by atoms with van der Waals surface area (Å²) < 4.78 is 14.3. The fourth-order valence-corrected chi connectivity index (χ4v) is 2.29. The van der Waals surface area contributed by atoms with Crippen LogP contribution in [0.4, 0.5) is 5.69 Å². The lowest BCUT2D eigenvalue weighted by Gasteiger charge is -2.08. The lowest BCUT2D eigenvalue weighted by Crippen LogP contribution is -2.26. The van der Waals surface area contributed by atoms with E-state index in [2.05, 4.69) is 15.2 Å². The predicted octanol–water partition coefficient (Wildman–Crippen LogP) is 1.49. The number of aromatic nitrogens is 4. The van der Waals surface area contributed by atoms with Crippen LogP contribution in [0.5, 0.6) is 0 Å². The van der Waals surface area contributed by atoms with E-state index in [1.807, 2.05) is 0 Å². The minimum atomic E-state index is -1.95. The highest BCUT2D eigenvalue weighted by Crippen LogP contribution is 2.19. The van der Waals surface area contributed by atoms with Crippen molar-refractivity contribution in [2.45, 2.75) is 26.0 Å². The molecule has 3 rings (SSSR count). The molecule has 0 aliphatic carbocycles. The zero-order valence-electron chi connectivity index (χ0n) is 14.3. The van der Waals surface area contributed by atoms with Crippen LogP contribution in [-0.4, -0.2) is 25.0 Å². The molecule has 0 aliphatic rings. The van der Waals surface area contributed by atoms with Crippen LogP contribution in [0.3, 0.4) is 0 Å². The van der Waals surface area contributed by atoms with Crippen LogP contribution in [0.2, 0.25) is 5.02 Å². The molecule has 9 heteroatoms. The lowest BCUT2D eigenvalue weighted by molar-refractivity contribution is 0.174. The number of hydrogen-bond acceptors (Lipinski definition) is 7. The van der Waals surface area contributed by atoms with Crippen molar-refractivity contribution in [3.8, 4) is 0 Å². The average molecular weight is 363 g/mol. The topological polar surface area (TPSA) is 120 Å². The van der Waals surface area contributed by atoms with Gasteiger partial charge in [0.15, 0.2) is 5.82 Å². The first kappa shape index (κ1) is 15.8. The van der Waals surface area contributed by atoms with Crippen molar-refractivity contribution in [2.24, 2.45) is 0 Å². The van der Waals surface area contributed by atoms with Gasteiger partial charge in [0.2, 0.25) is 5.89 Å². The normalized spacial score (nSPS) is 14.1. The average Bonchev–Trinajstić information content (AvgIpc) is 3.02. The Morgan fingerprint density at radius 3 is 2.88 bits per heavy atom. The quantitative estimate of drug-likeness (QED) is 0.705. The number of benzene rings is 1. The molecule has 0 saturated carbocycles. The van der Waals surface area contributed by atoms with E-state index in [9.17, 15) is 9.90 Å². The third-order valence-corrected chi connectivity index (χ3v) is 3.87. The van der Waals surface area contributed by atoms with E-state index in [0.717, 1.165) is 4.68 Å². The summed E-state index contributed by atoms with van der Waals surface area (Å²) in [6, 6.07) is 6.27. The van der Waals surface area contributed by atoms with Crippen LogP contribution >= 0.6 is 11.6 Å². The number of nitrogens with two attached hydrogens (primary N) is 1. The fraction of sp³-hybridized carbons (Fsp3) is 0.250. The van der Waals surface area contributed by atoms with Gasteiger partial charge in [0.05, 0.1) is 19.3 Å². The molecule has 130 valence electrons. The Balaban J connectivity index is 1.77. The van der Waals surface area contributed by atoms with Crippen LogP contribution in [-0.2, 0) is 13.0 Å². The van der Waals surface area contributed by atoms with Crippen molar-refractivity contribution in [3.63, 3.8) is 0 Å². The highest BCUT2D eigenvalue weighted by atomic mass is 35.5. The molecule has 0 fully saturated rings.